The van der Waals surface area contributed by atoms with Crippen LogP contribution in [0.1, 0.15) is 27.7 Å². The topological polar surface area (TPSA) is 51.5 Å². The molecular formula is C19H17NO3. The molecule has 1 N–H and O–H groups in total. The molecule has 0 aliphatic rings. The molecule has 4 heteroatoms. The van der Waals surface area contributed by atoms with Gasteiger partial charge in [-0.05, 0) is 35.4 Å². The molecule has 0 saturated carbocycles. The van der Waals surface area contributed by atoms with Crippen molar-refractivity contribution in [2.24, 2.45) is 0 Å². The quantitative estimate of drug-likeness (QED) is 0.780. The van der Waals surface area contributed by atoms with Crippen molar-refractivity contribution in [1.82, 2.24) is 5.32 Å². The van der Waals surface area contributed by atoms with Crippen LogP contribution in [0.15, 0.2) is 77.4 Å². The Balaban J connectivity index is 1.91. The van der Waals surface area contributed by atoms with E-state index in [1.54, 1.807) is 19.2 Å². The lowest BCUT2D eigenvalue weighted by atomic mass is 9.98. The summed E-state index contributed by atoms with van der Waals surface area (Å²) in [7, 11) is 1.63. The Morgan fingerprint density at radius 1 is 0.957 bits per heavy atom. The van der Waals surface area contributed by atoms with Crippen LogP contribution >= 0.6 is 0 Å². The molecule has 1 aromatic heterocycles. The number of carbonyl (C=O) groups is 1. The molecule has 2 aromatic carbocycles. The van der Waals surface area contributed by atoms with Crippen molar-refractivity contribution in [2.45, 2.75) is 6.04 Å². The summed E-state index contributed by atoms with van der Waals surface area (Å²) < 4.78 is 10.4. The number of hydrogen-bond donors (Lipinski definition) is 1. The summed E-state index contributed by atoms with van der Waals surface area (Å²) in [5.74, 6) is 0.817. The van der Waals surface area contributed by atoms with E-state index < -0.39 is 0 Å². The Kier molecular flexibility index (Phi) is 4.43. The molecule has 1 heterocycles. The lowest BCUT2D eigenvalue weighted by molar-refractivity contribution is 0.0915. The minimum atomic E-state index is -0.264. The standard InChI is InChI=1S/C19H17NO3/c1-22-16-11-9-15(10-12-16)18(14-6-3-2-4-7-14)20-19(21)17-8-5-13-23-17/h2-13,18H,1H3,(H,20,21). The highest BCUT2D eigenvalue weighted by atomic mass is 16.5. The summed E-state index contributed by atoms with van der Waals surface area (Å²) in [5.41, 5.74) is 1.97. The largest absolute Gasteiger partial charge is 0.497 e. The monoisotopic (exact) mass is 307 g/mol. The van der Waals surface area contributed by atoms with Gasteiger partial charge in [0.25, 0.3) is 5.91 Å². The maximum absolute atomic E-state index is 12.4. The van der Waals surface area contributed by atoms with Gasteiger partial charge in [0.1, 0.15) is 5.75 Å². The Morgan fingerprint density at radius 3 is 2.26 bits per heavy atom. The lowest BCUT2D eigenvalue weighted by Gasteiger charge is -2.19. The molecule has 0 spiro atoms. The van der Waals surface area contributed by atoms with Crippen molar-refractivity contribution in [3.63, 3.8) is 0 Å². The first-order valence-corrected chi connectivity index (χ1v) is 7.31. The number of furan rings is 1. The summed E-state index contributed by atoms with van der Waals surface area (Å²) in [6, 6.07) is 20.5. The molecule has 3 aromatic rings. The summed E-state index contributed by atoms with van der Waals surface area (Å²) in [5, 5.41) is 3.02. The summed E-state index contributed by atoms with van der Waals surface area (Å²) in [6.07, 6.45) is 1.49. The summed E-state index contributed by atoms with van der Waals surface area (Å²) in [6.45, 7) is 0. The molecule has 1 amide bonds. The smallest absolute Gasteiger partial charge is 0.287 e. The van der Waals surface area contributed by atoms with E-state index in [0.717, 1.165) is 16.9 Å². The number of ether oxygens (including phenoxy) is 1. The fourth-order valence-corrected chi connectivity index (χ4v) is 2.41. The van der Waals surface area contributed by atoms with Crippen LogP contribution in [0.2, 0.25) is 0 Å². The maximum atomic E-state index is 12.4. The van der Waals surface area contributed by atoms with Gasteiger partial charge in [-0.15, -0.1) is 0 Å². The minimum absolute atomic E-state index is 0.250. The number of methoxy groups -OCH3 is 1. The van der Waals surface area contributed by atoms with Crippen molar-refractivity contribution in [1.29, 1.82) is 0 Å². The fourth-order valence-electron chi connectivity index (χ4n) is 2.41. The normalized spacial score (nSPS) is 11.7. The van der Waals surface area contributed by atoms with Gasteiger partial charge in [0, 0.05) is 0 Å². The highest BCUT2D eigenvalue weighted by molar-refractivity contribution is 5.91. The number of amides is 1. The average Bonchev–Trinajstić information content (AvgIpc) is 3.15. The van der Waals surface area contributed by atoms with E-state index in [9.17, 15) is 4.79 Å². The molecule has 0 radical (unpaired) electrons. The average molecular weight is 307 g/mol. The predicted molar refractivity (Wildman–Crippen MR) is 87.5 cm³/mol. The first kappa shape index (κ1) is 14.9. The molecule has 3 rings (SSSR count). The van der Waals surface area contributed by atoms with E-state index in [4.69, 9.17) is 9.15 Å². The van der Waals surface area contributed by atoms with Gasteiger partial charge in [0.2, 0.25) is 0 Å². The molecule has 0 aliphatic carbocycles. The molecule has 0 saturated heterocycles. The number of benzene rings is 2. The highest BCUT2D eigenvalue weighted by Gasteiger charge is 2.19. The van der Waals surface area contributed by atoms with Gasteiger partial charge in [-0.3, -0.25) is 4.79 Å². The van der Waals surface area contributed by atoms with Crippen molar-refractivity contribution < 1.29 is 13.9 Å². The van der Waals surface area contributed by atoms with Gasteiger partial charge >= 0.3 is 0 Å². The second-order valence-electron chi connectivity index (χ2n) is 5.07. The zero-order chi connectivity index (χ0) is 16.1. The first-order valence-electron chi connectivity index (χ1n) is 7.31. The second-order valence-corrected chi connectivity index (χ2v) is 5.07. The van der Waals surface area contributed by atoms with E-state index >= 15 is 0 Å². The number of hydrogen-bond acceptors (Lipinski definition) is 3. The highest BCUT2D eigenvalue weighted by Crippen LogP contribution is 2.24. The Morgan fingerprint density at radius 2 is 1.65 bits per heavy atom. The third-order valence-electron chi connectivity index (χ3n) is 3.60. The molecule has 0 fully saturated rings. The van der Waals surface area contributed by atoms with Gasteiger partial charge in [0.15, 0.2) is 5.76 Å². The molecule has 23 heavy (non-hydrogen) atoms. The van der Waals surface area contributed by atoms with Crippen molar-refractivity contribution in [3.05, 3.63) is 89.9 Å². The van der Waals surface area contributed by atoms with E-state index in [2.05, 4.69) is 5.32 Å². The number of nitrogens with one attached hydrogen (secondary N) is 1. The predicted octanol–water partition coefficient (Wildman–Crippen LogP) is 3.81. The van der Waals surface area contributed by atoms with Crippen LogP contribution in [0.4, 0.5) is 0 Å². The number of rotatable bonds is 5. The molecule has 0 aliphatic heterocycles. The van der Waals surface area contributed by atoms with Crippen LogP contribution in [-0.2, 0) is 0 Å². The van der Waals surface area contributed by atoms with Crippen molar-refractivity contribution >= 4 is 5.91 Å². The molecule has 0 bridgehead atoms. The van der Waals surface area contributed by atoms with Crippen LogP contribution in [-0.4, -0.2) is 13.0 Å². The maximum Gasteiger partial charge on any atom is 0.287 e. The second kappa shape index (κ2) is 6.83. The SMILES string of the molecule is COc1ccc(C(NC(=O)c2ccco2)c2ccccc2)cc1. The van der Waals surface area contributed by atoms with E-state index in [0.29, 0.717) is 5.76 Å². The lowest BCUT2D eigenvalue weighted by Crippen LogP contribution is -2.29. The Hall–Kier alpha value is -3.01. The molecule has 1 atom stereocenters. The van der Waals surface area contributed by atoms with Crippen LogP contribution in [0.5, 0.6) is 5.75 Å². The first-order chi connectivity index (χ1) is 11.3. The Labute approximate surface area is 134 Å². The third-order valence-corrected chi connectivity index (χ3v) is 3.60. The third kappa shape index (κ3) is 3.43. The van der Waals surface area contributed by atoms with E-state index in [1.165, 1.54) is 6.26 Å². The summed E-state index contributed by atoms with van der Waals surface area (Å²) >= 11 is 0. The molecule has 1 unspecified atom stereocenters. The van der Waals surface area contributed by atoms with Crippen LogP contribution < -0.4 is 10.1 Å². The Bertz CT molecular complexity index is 749. The van der Waals surface area contributed by atoms with Crippen LogP contribution in [0, 0.1) is 0 Å². The summed E-state index contributed by atoms with van der Waals surface area (Å²) in [4.78, 5) is 12.4. The number of carbonyl (C=O) groups excluding carboxylic acids is 1. The van der Waals surface area contributed by atoms with Gasteiger partial charge < -0.3 is 14.5 Å². The zero-order valence-electron chi connectivity index (χ0n) is 12.7. The molecular weight excluding hydrogens is 290 g/mol. The zero-order valence-corrected chi connectivity index (χ0v) is 12.7. The van der Waals surface area contributed by atoms with E-state index in [1.807, 2.05) is 54.6 Å². The van der Waals surface area contributed by atoms with Gasteiger partial charge in [-0.2, -0.15) is 0 Å². The van der Waals surface area contributed by atoms with Gasteiger partial charge in [-0.25, -0.2) is 0 Å². The molecule has 4 nitrogen and oxygen atoms in total. The van der Waals surface area contributed by atoms with Gasteiger partial charge in [-0.1, -0.05) is 42.5 Å². The van der Waals surface area contributed by atoms with Crippen molar-refractivity contribution in [3.8, 4) is 5.75 Å². The van der Waals surface area contributed by atoms with Crippen molar-refractivity contribution in [2.75, 3.05) is 7.11 Å². The minimum Gasteiger partial charge on any atom is -0.497 e. The van der Waals surface area contributed by atoms with Gasteiger partial charge in [0.05, 0.1) is 19.4 Å². The van der Waals surface area contributed by atoms with Crippen LogP contribution in [0.25, 0.3) is 0 Å². The van der Waals surface area contributed by atoms with E-state index in [-0.39, 0.29) is 11.9 Å². The molecule has 116 valence electrons. The fraction of sp³-hybridized carbons (Fsp3) is 0.105. The van der Waals surface area contributed by atoms with Crippen LogP contribution in [0.3, 0.4) is 0 Å².